The van der Waals surface area contributed by atoms with Crippen LogP contribution in [0.2, 0.25) is 5.02 Å². The molecule has 9 rings (SSSR count). The summed E-state index contributed by atoms with van der Waals surface area (Å²) in [5.74, 6) is 2.25. The predicted octanol–water partition coefficient (Wildman–Crippen LogP) is 5.10. The molecule has 1 N–H and O–H groups in total. The molecule has 49 heavy (non-hydrogen) atoms. The number of nitrogens with zero attached hydrogens (tertiary/aromatic N) is 8. The molecule has 1 aliphatic carbocycles. The number of H-pyrrole nitrogens is 1. The minimum Gasteiger partial charge on any atom is -0.461 e. The van der Waals surface area contributed by atoms with E-state index in [1.54, 1.807) is 0 Å². The number of hydrogen-bond acceptors (Lipinski definition) is 8. The first-order chi connectivity index (χ1) is 23.8. The van der Waals surface area contributed by atoms with E-state index in [9.17, 15) is 4.39 Å². The van der Waals surface area contributed by atoms with Crippen molar-refractivity contribution < 1.29 is 13.7 Å². The second kappa shape index (κ2) is 12.0. The second-order valence-corrected chi connectivity index (χ2v) is 15.3. The Bertz CT molecular complexity index is 1920. The quantitative estimate of drug-likeness (QED) is 0.291. The summed E-state index contributed by atoms with van der Waals surface area (Å²) in [5.41, 5.74) is 6.47. The fraction of sp³-hybridized carbons (Fsp3) is 0.541. The number of halogens is 2. The third kappa shape index (κ3) is 5.22. The van der Waals surface area contributed by atoms with Crippen LogP contribution in [0.4, 0.5) is 10.2 Å². The molecule has 0 unspecified atom stereocenters. The van der Waals surface area contributed by atoms with Crippen molar-refractivity contribution in [3.63, 3.8) is 0 Å². The highest BCUT2D eigenvalue weighted by Gasteiger charge is 2.50. The number of alkyl halides is 1. The first kappa shape index (κ1) is 31.3. The molecule has 4 aliphatic heterocycles. The first-order valence-corrected chi connectivity index (χ1v) is 18.3. The van der Waals surface area contributed by atoms with Gasteiger partial charge in [0.15, 0.2) is 18.6 Å². The normalized spacial score (nSPS) is 26.7. The summed E-state index contributed by atoms with van der Waals surface area (Å²) < 4.78 is 23.5. The lowest BCUT2D eigenvalue weighted by Crippen LogP contribution is -2.51. The van der Waals surface area contributed by atoms with Gasteiger partial charge in [-0.1, -0.05) is 35.9 Å². The van der Waals surface area contributed by atoms with Crippen LogP contribution in [0.25, 0.3) is 11.4 Å². The Balaban J connectivity index is 1.12. The molecule has 12 heteroatoms. The molecule has 256 valence electrons. The first-order valence-electron chi connectivity index (χ1n) is 17.9. The third-order valence-corrected chi connectivity index (χ3v) is 12.4. The van der Waals surface area contributed by atoms with Gasteiger partial charge in [-0.05, 0) is 63.7 Å². The van der Waals surface area contributed by atoms with E-state index in [1.165, 1.54) is 11.1 Å². The van der Waals surface area contributed by atoms with Crippen LogP contribution >= 0.6 is 11.6 Å². The summed E-state index contributed by atoms with van der Waals surface area (Å²) in [6.45, 7) is 6.70. The molecule has 7 heterocycles. The summed E-state index contributed by atoms with van der Waals surface area (Å²) >= 11 is 7.18. The average molecular weight is 685 g/mol. The van der Waals surface area contributed by atoms with Gasteiger partial charge >= 0.3 is 6.01 Å². The van der Waals surface area contributed by atoms with Crippen LogP contribution in [-0.4, -0.2) is 79.9 Å². The molecular weight excluding hydrogens is 641 g/mol. The lowest BCUT2D eigenvalue weighted by molar-refractivity contribution is -0.702. The molecule has 0 bridgehead atoms. The maximum absolute atomic E-state index is 14.7. The van der Waals surface area contributed by atoms with Crippen molar-refractivity contribution in [2.45, 2.75) is 95.2 Å². The zero-order chi connectivity index (χ0) is 33.3. The molecule has 2 fully saturated rings. The summed E-state index contributed by atoms with van der Waals surface area (Å²) in [4.78, 5) is 22.2. The number of rotatable bonds is 5. The zero-order valence-electron chi connectivity index (χ0n) is 28.4. The Morgan fingerprint density at radius 2 is 1.98 bits per heavy atom. The number of pyridine rings is 1. The Labute approximate surface area is 291 Å². The summed E-state index contributed by atoms with van der Waals surface area (Å²) in [6, 6.07) is 11.3. The summed E-state index contributed by atoms with van der Waals surface area (Å²) in [7, 11) is 2.26. The van der Waals surface area contributed by atoms with Gasteiger partial charge < -0.3 is 9.64 Å². The highest BCUT2D eigenvalue weighted by Crippen LogP contribution is 2.47. The molecule has 0 saturated carbocycles. The number of likely N-dealkylation sites (N-methyl/N-ethyl adjacent to an activating group) is 1. The molecule has 1 spiro atoms. The van der Waals surface area contributed by atoms with E-state index >= 15 is 0 Å². The van der Waals surface area contributed by atoms with E-state index in [0.717, 1.165) is 105 Å². The molecule has 4 aromatic rings. The van der Waals surface area contributed by atoms with Crippen molar-refractivity contribution in [3.05, 3.63) is 75.5 Å². The Hall–Kier alpha value is -3.67. The van der Waals surface area contributed by atoms with Gasteiger partial charge in [0.2, 0.25) is 5.69 Å². The van der Waals surface area contributed by atoms with Gasteiger partial charge in [0.25, 0.3) is 0 Å². The van der Waals surface area contributed by atoms with Crippen LogP contribution < -0.4 is 14.2 Å². The molecule has 0 amide bonds. The monoisotopic (exact) mass is 684 g/mol. The van der Waals surface area contributed by atoms with Gasteiger partial charge in [0.1, 0.15) is 36.0 Å². The van der Waals surface area contributed by atoms with Crippen molar-refractivity contribution in [1.29, 1.82) is 0 Å². The van der Waals surface area contributed by atoms with Crippen LogP contribution in [-0.2, 0) is 38.0 Å². The molecule has 2 saturated heterocycles. The largest absolute Gasteiger partial charge is 0.461 e. The number of benzene rings is 1. The molecule has 10 nitrogen and oxygen atoms in total. The SMILES string of the molecule is Cc1nc(-c2cc[n+]3c(c2Cl)CN(c2nc(OC[C@@]45CCCN4C[C@H](F)C5)nc4c2CN(C)[C@@]2(CCCc5ccccc52)C4)CCC3)n[nH]1. The van der Waals surface area contributed by atoms with Crippen molar-refractivity contribution in [3.8, 4) is 17.4 Å². The van der Waals surface area contributed by atoms with Crippen molar-refractivity contribution >= 4 is 17.4 Å². The maximum Gasteiger partial charge on any atom is 0.318 e. The number of anilines is 1. The smallest absolute Gasteiger partial charge is 0.318 e. The van der Waals surface area contributed by atoms with E-state index in [4.69, 9.17) is 26.3 Å². The van der Waals surface area contributed by atoms with Crippen molar-refractivity contribution in [1.82, 2.24) is 34.9 Å². The highest BCUT2D eigenvalue weighted by atomic mass is 35.5. The minimum absolute atomic E-state index is 0.132. The molecule has 0 radical (unpaired) electrons. The number of nitrogens with one attached hydrogen (secondary N) is 1. The second-order valence-electron chi connectivity index (χ2n) is 14.9. The van der Waals surface area contributed by atoms with E-state index in [0.29, 0.717) is 43.0 Å². The lowest BCUT2D eigenvalue weighted by atomic mass is 9.71. The standard InChI is InChI=1S/C37H43ClFN9O/c1-24-40-33(44-43-24)27-11-17-46-14-7-15-47(22-31(46)32(27)38)34-28-21-45(2)37(13-5-9-25-8-3-4-10-29(25)37)19-30(28)41-35(42-34)49-23-36-12-6-16-48(36)20-26(39)18-36/h3-4,8,10-11,17,26H,5-7,9,12-16,18-23H2,1-2H3/p+1/t26-,36+,37+/m1/s1. The van der Waals surface area contributed by atoms with Crippen molar-refractivity contribution in [2.75, 3.05) is 38.2 Å². The Kier molecular flexibility index (Phi) is 7.66. The van der Waals surface area contributed by atoms with E-state index in [-0.39, 0.29) is 11.1 Å². The van der Waals surface area contributed by atoms with Gasteiger partial charge in [0.05, 0.1) is 22.3 Å². The number of aromatic amines is 1. The van der Waals surface area contributed by atoms with Crippen molar-refractivity contribution in [2.24, 2.45) is 0 Å². The summed E-state index contributed by atoms with van der Waals surface area (Å²) in [6.07, 6.45) is 8.88. The van der Waals surface area contributed by atoms with Gasteiger partial charge in [-0.25, -0.2) is 9.37 Å². The highest BCUT2D eigenvalue weighted by molar-refractivity contribution is 6.33. The number of hydrogen-bond donors (Lipinski definition) is 1. The van der Waals surface area contributed by atoms with Crippen LogP contribution in [0, 0.1) is 6.92 Å². The molecule has 5 aliphatic rings. The number of aryl methyl sites for hydroxylation is 3. The lowest BCUT2D eigenvalue weighted by Gasteiger charge is -2.49. The minimum atomic E-state index is -0.810. The number of ether oxygens (including phenoxy) is 1. The van der Waals surface area contributed by atoms with Crippen LogP contribution in [0.3, 0.4) is 0 Å². The molecule has 1 aromatic carbocycles. The van der Waals surface area contributed by atoms with Crippen LogP contribution in [0.15, 0.2) is 36.5 Å². The zero-order valence-corrected chi connectivity index (χ0v) is 29.1. The topological polar surface area (TPSA) is 90.2 Å². The van der Waals surface area contributed by atoms with Gasteiger partial charge in [-0.2, -0.15) is 19.6 Å². The molecule has 3 atom stereocenters. The third-order valence-electron chi connectivity index (χ3n) is 12.0. The maximum atomic E-state index is 14.7. The van der Waals surface area contributed by atoms with Gasteiger partial charge in [-0.15, -0.1) is 0 Å². The average Bonchev–Trinajstić information content (AvgIpc) is 3.73. The van der Waals surface area contributed by atoms with E-state index < -0.39 is 6.17 Å². The van der Waals surface area contributed by atoms with Crippen LogP contribution in [0.5, 0.6) is 6.01 Å². The van der Waals surface area contributed by atoms with Gasteiger partial charge in [-0.3, -0.25) is 14.9 Å². The molecular formula is C37H44ClFN9O+. The fourth-order valence-electron chi connectivity index (χ4n) is 9.54. The van der Waals surface area contributed by atoms with Crippen LogP contribution in [0.1, 0.15) is 72.4 Å². The predicted molar refractivity (Wildman–Crippen MR) is 184 cm³/mol. The van der Waals surface area contributed by atoms with Gasteiger partial charge in [0, 0.05) is 50.5 Å². The number of aromatic nitrogens is 6. The Morgan fingerprint density at radius 1 is 1.08 bits per heavy atom. The van der Waals surface area contributed by atoms with E-state index in [1.807, 2.05) is 13.0 Å². The Morgan fingerprint density at radius 3 is 2.86 bits per heavy atom. The summed E-state index contributed by atoms with van der Waals surface area (Å²) in [5, 5.41) is 8.00. The fourth-order valence-corrected chi connectivity index (χ4v) is 9.86. The van der Waals surface area contributed by atoms with E-state index in [2.05, 4.69) is 72.0 Å². The molecule has 3 aromatic heterocycles. The number of fused-ring (bicyclic) bond motifs is 5.